The van der Waals surface area contributed by atoms with Gasteiger partial charge in [0.2, 0.25) is 0 Å². The summed E-state index contributed by atoms with van der Waals surface area (Å²) < 4.78 is 0.402. The van der Waals surface area contributed by atoms with Crippen molar-refractivity contribution in [1.29, 1.82) is 0 Å². The first-order valence-electron chi connectivity index (χ1n) is 3.66. The van der Waals surface area contributed by atoms with E-state index < -0.39 is 0 Å². The SMILES string of the molecule is BrCCCCCC(Br)C(Br)Br. The van der Waals surface area contributed by atoms with E-state index in [1.165, 1.54) is 25.7 Å². The van der Waals surface area contributed by atoms with Crippen LogP contribution in [0, 0.1) is 0 Å². The molecule has 0 nitrogen and oxygen atoms in total. The lowest BCUT2D eigenvalue weighted by Gasteiger charge is -2.09. The van der Waals surface area contributed by atoms with Crippen LogP contribution in [0.1, 0.15) is 25.7 Å². The fourth-order valence-corrected chi connectivity index (χ4v) is 1.99. The van der Waals surface area contributed by atoms with Crippen LogP contribution in [0.5, 0.6) is 0 Å². The molecule has 0 N–H and O–H groups in total. The zero-order chi connectivity index (χ0) is 8.69. The van der Waals surface area contributed by atoms with Gasteiger partial charge in [0.15, 0.2) is 0 Å². The minimum atomic E-state index is 0.402. The molecule has 0 aliphatic heterocycles. The molecule has 0 amide bonds. The molecule has 11 heavy (non-hydrogen) atoms. The van der Waals surface area contributed by atoms with Gasteiger partial charge in [0.1, 0.15) is 0 Å². The topological polar surface area (TPSA) is 0 Å². The van der Waals surface area contributed by atoms with Crippen molar-refractivity contribution in [3.8, 4) is 0 Å². The molecule has 4 heteroatoms. The Labute approximate surface area is 102 Å². The zero-order valence-corrected chi connectivity index (χ0v) is 12.5. The molecule has 0 rings (SSSR count). The van der Waals surface area contributed by atoms with Gasteiger partial charge in [-0.3, -0.25) is 0 Å². The van der Waals surface area contributed by atoms with Gasteiger partial charge in [0, 0.05) is 10.2 Å². The van der Waals surface area contributed by atoms with Gasteiger partial charge in [-0.2, -0.15) is 0 Å². The maximum Gasteiger partial charge on any atom is 0.0822 e. The summed E-state index contributed by atoms with van der Waals surface area (Å²) in [6, 6.07) is 0. The van der Waals surface area contributed by atoms with E-state index in [1.54, 1.807) is 0 Å². The molecule has 0 aliphatic rings. The Kier molecular flexibility index (Phi) is 10.0. The first kappa shape index (κ1) is 12.9. The fraction of sp³-hybridized carbons (Fsp3) is 1.00. The van der Waals surface area contributed by atoms with Crippen LogP contribution in [0.25, 0.3) is 0 Å². The van der Waals surface area contributed by atoms with E-state index in [4.69, 9.17) is 0 Å². The summed E-state index contributed by atoms with van der Waals surface area (Å²) in [4.78, 5) is 0.554. The number of alkyl halides is 4. The van der Waals surface area contributed by atoms with Crippen LogP contribution in [-0.2, 0) is 0 Å². The molecule has 1 atom stereocenters. The lowest BCUT2D eigenvalue weighted by molar-refractivity contribution is 0.673. The predicted molar refractivity (Wildman–Crippen MR) is 66.6 cm³/mol. The van der Waals surface area contributed by atoms with Crippen LogP contribution < -0.4 is 0 Å². The zero-order valence-electron chi connectivity index (χ0n) is 6.20. The monoisotopic (exact) mass is 412 g/mol. The second-order valence-corrected chi connectivity index (χ2v) is 7.56. The van der Waals surface area contributed by atoms with Crippen molar-refractivity contribution in [3.05, 3.63) is 0 Å². The van der Waals surface area contributed by atoms with E-state index in [0.29, 0.717) is 8.56 Å². The van der Waals surface area contributed by atoms with Gasteiger partial charge < -0.3 is 0 Å². The Morgan fingerprint density at radius 2 is 1.55 bits per heavy atom. The summed E-state index contributed by atoms with van der Waals surface area (Å²) in [7, 11) is 0. The summed E-state index contributed by atoms with van der Waals surface area (Å²) in [5.74, 6) is 0. The standard InChI is InChI=1S/C7H12Br4/c8-5-3-1-2-4-6(9)7(10)11/h6-7H,1-5H2. The van der Waals surface area contributed by atoms with Gasteiger partial charge in [-0.15, -0.1) is 0 Å². The third-order valence-corrected chi connectivity index (χ3v) is 5.63. The lowest BCUT2D eigenvalue weighted by Crippen LogP contribution is -2.05. The smallest absolute Gasteiger partial charge is 0.0822 e. The quantitative estimate of drug-likeness (QED) is 0.431. The maximum absolute atomic E-state index is 3.59. The van der Waals surface area contributed by atoms with Crippen LogP contribution in [0.2, 0.25) is 0 Å². The van der Waals surface area contributed by atoms with Gasteiger partial charge in [-0.1, -0.05) is 76.6 Å². The maximum atomic E-state index is 3.59. The third-order valence-electron chi connectivity index (χ3n) is 1.39. The minimum absolute atomic E-state index is 0.402. The Morgan fingerprint density at radius 1 is 0.909 bits per heavy atom. The highest BCUT2D eigenvalue weighted by atomic mass is 79.9. The third kappa shape index (κ3) is 8.26. The summed E-state index contributed by atoms with van der Waals surface area (Å²) >= 11 is 13.9. The molecule has 0 aromatic carbocycles. The Bertz CT molecular complexity index is 84.5. The van der Waals surface area contributed by atoms with Crippen molar-refractivity contribution in [2.24, 2.45) is 0 Å². The Balaban J connectivity index is 3.10. The first-order chi connectivity index (χ1) is 5.18. The average Bonchev–Trinajstić information content (AvgIpc) is 1.97. The number of halogens is 4. The van der Waals surface area contributed by atoms with E-state index in [-0.39, 0.29) is 0 Å². The summed E-state index contributed by atoms with van der Waals surface area (Å²) in [6.45, 7) is 0. The molecule has 0 radical (unpaired) electrons. The predicted octanol–water partition coefficient (Wildman–Crippen LogP) is 4.82. The van der Waals surface area contributed by atoms with Gasteiger partial charge in [0.25, 0.3) is 0 Å². The largest absolute Gasteiger partial charge is 0.0928 e. The fourth-order valence-electron chi connectivity index (χ4n) is 0.737. The molecule has 0 fully saturated rings. The molecule has 0 heterocycles. The number of hydrogen-bond acceptors (Lipinski definition) is 0. The van der Waals surface area contributed by atoms with Gasteiger partial charge >= 0.3 is 0 Å². The number of hydrogen-bond donors (Lipinski definition) is 0. The molecular weight excluding hydrogens is 404 g/mol. The summed E-state index contributed by atoms with van der Waals surface area (Å²) in [5.41, 5.74) is 0. The molecule has 0 saturated heterocycles. The number of unbranched alkanes of at least 4 members (excludes halogenated alkanes) is 2. The van der Waals surface area contributed by atoms with Crippen LogP contribution >= 0.6 is 63.7 Å². The van der Waals surface area contributed by atoms with Crippen molar-refractivity contribution in [2.75, 3.05) is 5.33 Å². The van der Waals surface area contributed by atoms with Crippen LogP contribution in [0.4, 0.5) is 0 Å². The molecule has 0 aromatic heterocycles. The molecule has 1 unspecified atom stereocenters. The minimum Gasteiger partial charge on any atom is -0.0928 e. The van der Waals surface area contributed by atoms with Crippen LogP contribution in [0.15, 0.2) is 0 Å². The summed E-state index contributed by atoms with van der Waals surface area (Å²) in [5, 5.41) is 1.13. The molecule has 0 bridgehead atoms. The van der Waals surface area contributed by atoms with Crippen molar-refractivity contribution in [1.82, 2.24) is 0 Å². The van der Waals surface area contributed by atoms with E-state index in [9.17, 15) is 0 Å². The van der Waals surface area contributed by atoms with E-state index >= 15 is 0 Å². The second kappa shape index (κ2) is 8.52. The lowest BCUT2D eigenvalue weighted by atomic mass is 10.2. The first-order valence-corrected chi connectivity index (χ1v) is 7.53. The molecule has 68 valence electrons. The van der Waals surface area contributed by atoms with Gasteiger partial charge in [-0.25, -0.2) is 0 Å². The summed E-state index contributed by atoms with van der Waals surface area (Å²) in [6.07, 6.45) is 5.14. The van der Waals surface area contributed by atoms with Crippen molar-refractivity contribution < 1.29 is 0 Å². The highest BCUT2D eigenvalue weighted by Crippen LogP contribution is 2.24. The highest BCUT2D eigenvalue weighted by molar-refractivity contribution is 9.25. The van der Waals surface area contributed by atoms with Gasteiger partial charge in [0.05, 0.1) is 3.74 Å². The Hall–Kier alpha value is 1.92. The van der Waals surface area contributed by atoms with Crippen molar-refractivity contribution in [2.45, 2.75) is 34.2 Å². The molecule has 0 aliphatic carbocycles. The van der Waals surface area contributed by atoms with Crippen molar-refractivity contribution >= 4 is 63.7 Å². The van der Waals surface area contributed by atoms with E-state index in [2.05, 4.69) is 63.7 Å². The van der Waals surface area contributed by atoms with Gasteiger partial charge in [-0.05, 0) is 12.8 Å². The second-order valence-electron chi connectivity index (χ2n) is 2.39. The van der Waals surface area contributed by atoms with Crippen LogP contribution in [-0.4, -0.2) is 13.9 Å². The average molecular weight is 416 g/mol. The van der Waals surface area contributed by atoms with E-state index in [0.717, 1.165) is 5.33 Å². The molecule has 0 saturated carbocycles. The molecule has 0 aromatic rings. The Morgan fingerprint density at radius 3 is 2.00 bits per heavy atom. The van der Waals surface area contributed by atoms with E-state index in [1.807, 2.05) is 0 Å². The van der Waals surface area contributed by atoms with Crippen LogP contribution in [0.3, 0.4) is 0 Å². The normalized spacial score (nSPS) is 13.9. The molecule has 0 spiro atoms. The highest BCUT2D eigenvalue weighted by Gasteiger charge is 2.10. The number of rotatable bonds is 6. The molecular formula is C7H12Br4. The van der Waals surface area contributed by atoms with Crippen molar-refractivity contribution in [3.63, 3.8) is 0 Å².